The molecule has 0 radical (unpaired) electrons. The minimum Gasteiger partial charge on any atom is -0.492 e. The van der Waals surface area contributed by atoms with Gasteiger partial charge in [0.1, 0.15) is 5.75 Å². The molecule has 2 aromatic rings. The van der Waals surface area contributed by atoms with Crippen LogP contribution in [0.25, 0.3) is 0 Å². The van der Waals surface area contributed by atoms with Gasteiger partial charge in [0.25, 0.3) is 11.8 Å². The number of nitrogens with zero attached hydrogens (tertiary/aromatic N) is 2. The molecule has 192 valence electrons. The first-order valence-corrected chi connectivity index (χ1v) is 14.0. The molecule has 1 atom stereocenters. The summed E-state index contributed by atoms with van der Waals surface area (Å²) in [7, 11) is -3.24. The van der Waals surface area contributed by atoms with Crippen molar-refractivity contribution >= 4 is 21.8 Å². The number of amides is 2. The maximum absolute atomic E-state index is 13.6. The number of hydrogen-bond donors (Lipinski definition) is 2. The van der Waals surface area contributed by atoms with E-state index in [1.807, 2.05) is 25.1 Å². The van der Waals surface area contributed by atoms with Crippen LogP contribution in [0.15, 0.2) is 36.4 Å². The first-order chi connectivity index (χ1) is 17.3. The Hall–Kier alpha value is -2.95. The third kappa shape index (κ3) is 4.72. The summed E-state index contributed by atoms with van der Waals surface area (Å²) in [4.78, 5) is 27.5. The predicted molar refractivity (Wildman–Crippen MR) is 135 cm³/mol. The molecule has 0 bridgehead atoms. The van der Waals surface area contributed by atoms with Crippen molar-refractivity contribution in [2.45, 2.75) is 43.8 Å². The Balaban J connectivity index is 1.35. The second-order valence-electron chi connectivity index (χ2n) is 9.83. The first kappa shape index (κ1) is 24.7. The fraction of sp³-hybridized carbons (Fsp3) is 0.462. The van der Waals surface area contributed by atoms with Crippen molar-refractivity contribution in [1.29, 1.82) is 0 Å². The summed E-state index contributed by atoms with van der Waals surface area (Å²) in [6, 6.07) is 11.4. The van der Waals surface area contributed by atoms with Crippen LogP contribution in [0.4, 0.5) is 0 Å². The Labute approximate surface area is 211 Å². The minimum atomic E-state index is -3.24. The van der Waals surface area contributed by atoms with Crippen molar-refractivity contribution < 1.29 is 22.7 Å². The van der Waals surface area contributed by atoms with Gasteiger partial charge in [-0.05, 0) is 54.0 Å². The summed E-state index contributed by atoms with van der Waals surface area (Å²) in [6.07, 6.45) is 2.84. The fourth-order valence-electron chi connectivity index (χ4n) is 5.22. The predicted octanol–water partition coefficient (Wildman–Crippen LogP) is 1.82. The largest absolute Gasteiger partial charge is 0.492 e. The summed E-state index contributed by atoms with van der Waals surface area (Å²) in [5.74, 6) is 5.55. The van der Waals surface area contributed by atoms with Gasteiger partial charge in [-0.25, -0.2) is 14.3 Å². The lowest BCUT2D eigenvalue weighted by atomic mass is 9.88. The molecule has 1 aliphatic carbocycles. The lowest BCUT2D eigenvalue weighted by Gasteiger charge is -2.34. The smallest absolute Gasteiger partial charge is 0.265 e. The highest BCUT2D eigenvalue weighted by Crippen LogP contribution is 2.35. The van der Waals surface area contributed by atoms with Crippen LogP contribution in [0.3, 0.4) is 0 Å². The van der Waals surface area contributed by atoms with Crippen LogP contribution in [0.1, 0.15) is 63.1 Å². The number of nitrogens with two attached hydrogens (primary N) is 1. The molecule has 2 amide bonds. The molecule has 10 heteroatoms. The summed E-state index contributed by atoms with van der Waals surface area (Å²) < 4.78 is 32.5. The number of ether oxygens (including phenoxy) is 1. The van der Waals surface area contributed by atoms with Crippen molar-refractivity contribution in [3.05, 3.63) is 64.2 Å². The second-order valence-corrected chi connectivity index (χ2v) is 12.0. The molecule has 9 nitrogen and oxygen atoms in total. The summed E-state index contributed by atoms with van der Waals surface area (Å²) in [6.45, 7) is 3.95. The molecule has 1 saturated heterocycles. The zero-order valence-electron chi connectivity index (χ0n) is 20.4. The topological polar surface area (TPSA) is 122 Å². The molecule has 0 spiro atoms. The highest BCUT2D eigenvalue weighted by molar-refractivity contribution is 7.90. The summed E-state index contributed by atoms with van der Waals surface area (Å²) >= 11 is 0. The molecule has 5 rings (SSSR count). The second kappa shape index (κ2) is 9.84. The van der Waals surface area contributed by atoms with Gasteiger partial charge in [-0.15, -0.1) is 0 Å². The number of nitrogens with one attached hydrogen (secondary N) is 1. The fourth-order valence-corrected chi connectivity index (χ4v) is 7.04. The maximum Gasteiger partial charge on any atom is 0.265 e. The molecule has 2 fully saturated rings. The van der Waals surface area contributed by atoms with E-state index in [1.54, 1.807) is 17.0 Å². The van der Waals surface area contributed by atoms with E-state index >= 15 is 0 Å². The van der Waals surface area contributed by atoms with Crippen LogP contribution in [0.2, 0.25) is 0 Å². The van der Waals surface area contributed by atoms with Crippen molar-refractivity contribution in [3.8, 4) is 5.75 Å². The van der Waals surface area contributed by atoms with Crippen molar-refractivity contribution in [2.24, 2.45) is 5.84 Å². The van der Waals surface area contributed by atoms with Crippen molar-refractivity contribution in [3.63, 3.8) is 0 Å². The van der Waals surface area contributed by atoms with E-state index < -0.39 is 10.0 Å². The number of carbonyl (C=O) groups is 2. The monoisotopic (exact) mass is 512 g/mol. The standard InChI is InChI=1S/C26H32N4O5S/c1-17(21-4-2-3-5-22(21)25(31)28-27)14-18-15-19-8-13-35-24(19)23(16-18)26(32)29-9-11-30(12-10-29)36(33,34)20-6-7-20/h2-5,15-17,20H,6-14,27H2,1H3,(H,28,31). The average Bonchev–Trinajstić information content (AvgIpc) is 3.66. The third-order valence-electron chi connectivity index (χ3n) is 7.31. The van der Waals surface area contributed by atoms with Gasteiger partial charge in [-0.1, -0.05) is 31.2 Å². The molecule has 3 N–H and O–H groups in total. The lowest BCUT2D eigenvalue weighted by molar-refractivity contribution is 0.0694. The number of hydrogen-bond acceptors (Lipinski definition) is 6. The number of carbonyl (C=O) groups excluding carboxylic acids is 2. The van der Waals surface area contributed by atoms with E-state index in [9.17, 15) is 18.0 Å². The number of hydrazine groups is 1. The molecule has 2 aliphatic heterocycles. The molecule has 1 unspecified atom stereocenters. The van der Waals surface area contributed by atoms with Crippen molar-refractivity contribution in [2.75, 3.05) is 32.8 Å². The zero-order valence-corrected chi connectivity index (χ0v) is 21.2. The third-order valence-corrected chi connectivity index (χ3v) is 9.71. The van der Waals surface area contributed by atoms with Gasteiger partial charge in [0.2, 0.25) is 10.0 Å². The molecule has 36 heavy (non-hydrogen) atoms. The SMILES string of the molecule is CC(Cc1cc2c(c(C(=O)N3CCN(S(=O)(=O)C4CC4)CC3)c1)OCC2)c1ccccc1C(=O)NN. The van der Waals surface area contributed by atoms with Gasteiger partial charge in [0.15, 0.2) is 0 Å². The maximum atomic E-state index is 13.6. The lowest BCUT2D eigenvalue weighted by Crippen LogP contribution is -2.51. The van der Waals surface area contributed by atoms with Crippen LogP contribution >= 0.6 is 0 Å². The van der Waals surface area contributed by atoms with Gasteiger partial charge in [-0.3, -0.25) is 15.0 Å². The first-order valence-electron chi connectivity index (χ1n) is 12.5. The Morgan fingerprint density at radius 2 is 1.83 bits per heavy atom. The Morgan fingerprint density at radius 3 is 2.53 bits per heavy atom. The number of sulfonamides is 1. The van der Waals surface area contributed by atoms with Gasteiger partial charge in [0, 0.05) is 38.2 Å². The van der Waals surface area contributed by atoms with Gasteiger partial charge < -0.3 is 9.64 Å². The summed E-state index contributed by atoms with van der Waals surface area (Å²) in [5.41, 5.74) is 6.16. The highest BCUT2D eigenvalue weighted by Gasteiger charge is 2.41. The number of nitrogen functional groups attached to an aromatic ring is 1. The van der Waals surface area contributed by atoms with E-state index in [-0.39, 0.29) is 23.0 Å². The van der Waals surface area contributed by atoms with Crippen LogP contribution in [0.5, 0.6) is 5.75 Å². The minimum absolute atomic E-state index is 0.0120. The Morgan fingerprint density at radius 1 is 1.11 bits per heavy atom. The van der Waals surface area contributed by atoms with E-state index in [0.29, 0.717) is 56.1 Å². The molecule has 0 aromatic heterocycles. The van der Waals surface area contributed by atoms with Gasteiger partial charge in [-0.2, -0.15) is 4.31 Å². The highest BCUT2D eigenvalue weighted by atomic mass is 32.2. The molecule has 2 aromatic carbocycles. The quantitative estimate of drug-likeness (QED) is 0.332. The molecular formula is C26H32N4O5S. The number of fused-ring (bicyclic) bond motifs is 1. The van der Waals surface area contributed by atoms with E-state index in [1.165, 1.54) is 4.31 Å². The number of rotatable bonds is 7. The molecule has 1 saturated carbocycles. The normalized spacial score (nSPS) is 18.9. The Bertz CT molecular complexity index is 1280. The molecule has 2 heterocycles. The van der Waals surface area contributed by atoms with E-state index in [0.717, 1.165) is 36.0 Å². The van der Waals surface area contributed by atoms with E-state index in [4.69, 9.17) is 10.6 Å². The number of benzene rings is 2. The van der Waals surface area contributed by atoms with Crippen LogP contribution < -0.4 is 16.0 Å². The number of piperazine rings is 1. The molecular weight excluding hydrogens is 480 g/mol. The summed E-state index contributed by atoms with van der Waals surface area (Å²) in [5, 5.41) is -0.240. The average molecular weight is 513 g/mol. The van der Waals surface area contributed by atoms with Crippen LogP contribution in [-0.2, 0) is 22.9 Å². The van der Waals surface area contributed by atoms with Crippen LogP contribution in [0, 0.1) is 0 Å². The van der Waals surface area contributed by atoms with Crippen LogP contribution in [-0.4, -0.2) is 67.5 Å². The molecule has 3 aliphatic rings. The zero-order chi connectivity index (χ0) is 25.4. The van der Waals surface area contributed by atoms with Crippen molar-refractivity contribution in [1.82, 2.24) is 14.6 Å². The Kier molecular flexibility index (Phi) is 6.76. The van der Waals surface area contributed by atoms with Gasteiger partial charge >= 0.3 is 0 Å². The van der Waals surface area contributed by atoms with E-state index in [2.05, 4.69) is 11.5 Å². The van der Waals surface area contributed by atoms with Gasteiger partial charge in [0.05, 0.1) is 17.4 Å².